The number of aromatic hydroxyl groups is 2. The summed E-state index contributed by atoms with van der Waals surface area (Å²) in [6.07, 6.45) is 11.8. The molecule has 1 aliphatic carbocycles. The van der Waals surface area contributed by atoms with Gasteiger partial charge in [-0.3, -0.25) is 19.5 Å². The molecule has 3 heterocycles. The molecule has 0 spiro atoms. The lowest BCUT2D eigenvalue weighted by molar-refractivity contribution is -0.136. The van der Waals surface area contributed by atoms with E-state index in [1.807, 2.05) is 105 Å². The number of phenolic OH excluding ortho intramolecular Hbond substituents is 2. The number of aliphatic hydroxyl groups is 2. The van der Waals surface area contributed by atoms with Gasteiger partial charge in [0.25, 0.3) is 0 Å². The van der Waals surface area contributed by atoms with Gasteiger partial charge in [-0.25, -0.2) is 4.79 Å². The van der Waals surface area contributed by atoms with Gasteiger partial charge in [-0.15, -0.1) is 0 Å². The Hall–Kier alpha value is -9.38. The number of hydrogen-bond donors (Lipinski definition) is 5. The number of carbonyl (C=O) groups excluding carboxylic acids is 1. The van der Waals surface area contributed by atoms with Gasteiger partial charge in [0.15, 0.2) is 0 Å². The number of rotatable bonds is 28. The van der Waals surface area contributed by atoms with Gasteiger partial charge in [-0.2, -0.15) is 0 Å². The van der Waals surface area contributed by atoms with Crippen molar-refractivity contribution in [3.63, 3.8) is 0 Å². The molecule has 4 aliphatic rings. The van der Waals surface area contributed by atoms with E-state index in [1.165, 1.54) is 78.6 Å². The summed E-state index contributed by atoms with van der Waals surface area (Å²) in [7, 11) is 0. The molecule has 3 saturated heterocycles. The minimum atomic E-state index is -0.810. The van der Waals surface area contributed by atoms with Crippen LogP contribution in [0.3, 0.4) is 0 Å². The monoisotopic (exact) mass is 1530 g/mol. The van der Waals surface area contributed by atoms with Gasteiger partial charge in [0.2, 0.25) is 0 Å². The lowest BCUT2D eigenvalue weighted by Crippen LogP contribution is -2.50. The minimum absolute atomic E-state index is 0.0585. The lowest BCUT2D eigenvalue weighted by Gasteiger charge is -2.35. The van der Waals surface area contributed by atoms with Crippen molar-refractivity contribution in [2.75, 3.05) is 78.7 Å². The molecule has 1 amide bonds. The lowest BCUT2D eigenvalue weighted by atomic mass is 9.86. The Bertz CT molecular complexity index is 4400. The Morgan fingerprint density at radius 2 is 0.927 bits per heavy atom. The molecule has 14 heteroatoms. The van der Waals surface area contributed by atoms with E-state index in [-0.39, 0.29) is 37.2 Å². The van der Waals surface area contributed by atoms with Crippen LogP contribution in [0.4, 0.5) is 4.79 Å². The van der Waals surface area contributed by atoms with Crippen LogP contribution in [0.2, 0.25) is 0 Å². The highest BCUT2D eigenvalue weighted by Gasteiger charge is 2.35. The first-order valence-electron chi connectivity index (χ1n) is 39.2. The molecule has 9 aromatic rings. The third-order valence-electron chi connectivity index (χ3n) is 21.1. The van der Waals surface area contributed by atoms with Crippen LogP contribution in [0.25, 0.3) is 33.4 Å². The molecule has 3 aliphatic heterocycles. The number of aliphatic hydroxyl groups excluding tert-OH is 2. The number of piperazine rings is 1. The van der Waals surface area contributed by atoms with Crippen molar-refractivity contribution in [3.05, 3.63) is 302 Å². The molecular weight excluding hydrogens is 1420 g/mol. The molecular formula is C95H109BrN4O9. The predicted octanol–water partition coefficient (Wildman–Crippen LogP) is 19.8. The van der Waals surface area contributed by atoms with Gasteiger partial charge >= 0.3 is 12.1 Å². The van der Waals surface area contributed by atoms with Crippen LogP contribution in [-0.4, -0.2) is 154 Å². The number of hydrogen-bond acceptors (Lipinski definition) is 11. The second-order valence-electron chi connectivity index (χ2n) is 30.2. The maximum Gasteiger partial charge on any atom is 0.410 e. The second kappa shape index (κ2) is 40.3. The number of benzene rings is 9. The zero-order chi connectivity index (χ0) is 76.5. The average molecular weight is 1530 g/mol. The van der Waals surface area contributed by atoms with Gasteiger partial charge in [0.05, 0.1) is 0 Å². The molecule has 2 atom stereocenters. The zero-order valence-electron chi connectivity index (χ0n) is 64.0. The summed E-state index contributed by atoms with van der Waals surface area (Å²) in [5.41, 5.74) is 18.8. The Morgan fingerprint density at radius 1 is 0.477 bits per heavy atom. The fraction of sp³-hybridized carbons (Fsp3) is 0.347. The number of aliphatic carboxylic acids is 1. The highest BCUT2D eigenvalue weighted by Crippen LogP contribution is 2.42. The quantitative estimate of drug-likeness (QED) is 0.0295. The van der Waals surface area contributed by atoms with Gasteiger partial charge < -0.3 is 39.9 Å². The molecule has 0 bridgehead atoms. The van der Waals surface area contributed by atoms with Crippen LogP contribution in [0.1, 0.15) is 172 Å². The van der Waals surface area contributed by atoms with E-state index in [0.29, 0.717) is 44.5 Å². The number of nitrogens with zero attached hydrogens (tertiary/aromatic N) is 4. The number of carboxylic acid groups (broad SMARTS) is 1. The fourth-order valence-electron chi connectivity index (χ4n) is 15.2. The molecule has 109 heavy (non-hydrogen) atoms. The number of carbonyl (C=O) groups is 2. The summed E-state index contributed by atoms with van der Waals surface area (Å²) in [5, 5.41) is 48.4. The number of halogens is 1. The molecule has 0 radical (unpaired) electrons. The van der Waals surface area contributed by atoms with Crippen molar-refractivity contribution in [1.82, 2.24) is 19.6 Å². The van der Waals surface area contributed by atoms with Crippen molar-refractivity contribution < 1.29 is 44.6 Å². The topological polar surface area (TPSA) is 167 Å². The standard InChI is InChI=1S/C35H44N2O4.C30H34BrNO2.C30H31NO3/c1-35(2,3)41-34(40)37-24-22-36(23-25-37)21-7-9-27-13-15-29(16-14-27)33(30-17-19-31(39)20-18-30)32(12-8-26-38)28-10-5-4-6-11-28;1-23-7-5-19-32(23)20-22-34-28-17-13-26(14-18-28)30(25-11-15-27(31)16-12-25)29(10-6-21-33)24-8-3-2-4-9-24;32-27-14-10-24(11-15-27)30(28(16-17-29(33)34)22-4-2-1-3-5-22)23-8-6-21(7-9-23)25-18-19-31(20-25)26-12-13-26/h4-6,10-11,13-20,38-39H,7-9,12,21-26H2,1-3H3;2-4,8-9,11-18,23,33H,5-7,10,19-22H2,1H3;1-11,14-15,25-26,32H,12-13,16-20H2,(H,33,34)/b33-32+;30-29-;30-28+. The highest BCUT2D eigenvalue weighted by molar-refractivity contribution is 9.10. The second-order valence-corrected chi connectivity index (χ2v) is 31.1. The first-order chi connectivity index (χ1) is 53.0. The number of allylic oxidation sites excluding steroid dienone is 3. The predicted molar refractivity (Wildman–Crippen MR) is 447 cm³/mol. The van der Waals surface area contributed by atoms with Crippen LogP contribution in [0, 0.1) is 0 Å². The van der Waals surface area contributed by atoms with Crippen molar-refractivity contribution in [3.8, 4) is 17.2 Å². The van der Waals surface area contributed by atoms with E-state index < -0.39 is 11.6 Å². The third-order valence-corrected chi connectivity index (χ3v) is 21.6. The maximum absolute atomic E-state index is 12.3. The summed E-state index contributed by atoms with van der Waals surface area (Å²) in [4.78, 5) is 33.2. The van der Waals surface area contributed by atoms with Crippen molar-refractivity contribution in [2.24, 2.45) is 0 Å². The first-order valence-corrected chi connectivity index (χ1v) is 40.0. The summed E-state index contributed by atoms with van der Waals surface area (Å²) in [5.74, 6) is 1.13. The number of carboxylic acids is 1. The van der Waals surface area contributed by atoms with E-state index in [2.05, 4.69) is 171 Å². The van der Waals surface area contributed by atoms with Crippen molar-refractivity contribution in [2.45, 2.75) is 135 Å². The number of aryl methyl sites for hydroxylation is 1. The van der Waals surface area contributed by atoms with E-state index >= 15 is 0 Å². The maximum atomic E-state index is 12.3. The number of amides is 1. The Labute approximate surface area is 654 Å². The molecule has 2 unspecified atom stereocenters. The summed E-state index contributed by atoms with van der Waals surface area (Å²) >= 11 is 3.57. The zero-order valence-corrected chi connectivity index (χ0v) is 65.5. The van der Waals surface area contributed by atoms with Gasteiger partial charge in [-0.1, -0.05) is 204 Å². The number of likely N-dealkylation sites (tertiary alicyclic amines) is 2. The number of phenols is 2. The normalized spacial score (nSPS) is 16.9. The van der Waals surface area contributed by atoms with Gasteiger partial charge in [0, 0.05) is 75.5 Å². The number of ether oxygens (including phenoxy) is 2. The average Bonchev–Trinajstić information content (AvgIpc) is 1.30. The van der Waals surface area contributed by atoms with Gasteiger partial charge in [0.1, 0.15) is 29.5 Å². The van der Waals surface area contributed by atoms with Gasteiger partial charge in [-0.05, 0) is 273 Å². The van der Waals surface area contributed by atoms with Crippen molar-refractivity contribution in [1.29, 1.82) is 0 Å². The highest BCUT2D eigenvalue weighted by atomic mass is 79.9. The summed E-state index contributed by atoms with van der Waals surface area (Å²) in [6.45, 7) is 17.7. The molecule has 570 valence electrons. The molecule has 13 rings (SSSR count). The largest absolute Gasteiger partial charge is 0.508 e. The first kappa shape index (κ1) is 80.6. The van der Waals surface area contributed by atoms with E-state index in [1.54, 1.807) is 24.3 Å². The summed E-state index contributed by atoms with van der Waals surface area (Å²) in [6, 6.07) is 81.6. The molecule has 5 N–H and O–H groups in total. The minimum Gasteiger partial charge on any atom is -0.508 e. The Morgan fingerprint density at radius 3 is 1.37 bits per heavy atom. The van der Waals surface area contributed by atoms with E-state index in [4.69, 9.17) is 9.47 Å². The molecule has 0 aromatic heterocycles. The fourth-order valence-corrected chi connectivity index (χ4v) is 15.5. The Balaban J connectivity index is 0.000000163. The molecule has 1 saturated carbocycles. The van der Waals surface area contributed by atoms with Crippen LogP contribution < -0.4 is 4.74 Å². The SMILES string of the molecule is CC(C)(C)OC(=O)N1CCN(CCCc2ccc(/C(=C(/CCCO)c3ccccc3)c3ccc(O)cc3)cc2)CC1.CC1CCCN1CCOc1ccc(/C(=C(/CCCO)c2ccccc2)c2ccc(Br)cc2)cc1.O=C(O)CC/C(=C(\c1ccc(O)cc1)c1ccc(C2CCN(C3CC3)C2)cc1)c1ccccc1. The molecule has 13 nitrogen and oxygen atoms in total. The van der Waals surface area contributed by atoms with Crippen molar-refractivity contribution >= 4 is 61.4 Å². The third kappa shape index (κ3) is 23.8. The van der Waals surface area contributed by atoms with Crippen LogP contribution in [-0.2, 0) is 16.0 Å². The Kier molecular flexibility index (Phi) is 29.8. The van der Waals surface area contributed by atoms with E-state index in [9.17, 15) is 35.1 Å². The smallest absolute Gasteiger partial charge is 0.410 e. The van der Waals surface area contributed by atoms with Crippen LogP contribution in [0.5, 0.6) is 17.2 Å². The molecule has 4 fully saturated rings. The van der Waals surface area contributed by atoms with Crippen LogP contribution >= 0.6 is 15.9 Å². The van der Waals surface area contributed by atoms with E-state index in [0.717, 1.165) is 142 Å². The molecule has 9 aromatic carbocycles. The van der Waals surface area contributed by atoms with Crippen LogP contribution in [0.15, 0.2) is 241 Å². The summed E-state index contributed by atoms with van der Waals surface area (Å²) < 4.78 is 12.7.